The fourth-order valence-corrected chi connectivity index (χ4v) is 1.62. The molecule has 0 bridgehead atoms. The van der Waals surface area contributed by atoms with Crippen LogP contribution in [0.25, 0.3) is 11.2 Å². The smallest absolute Gasteiger partial charge is 0.165 e. The Morgan fingerprint density at radius 1 is 1.50 bits per heavy atom. The van der Waals surface area contributed by atoms with Crippen LogP contribution in [0, 0.1) is 0 Å². The third-order valence-corrected chi connectivity index (χ3v) is 2.70. The SMILES string of the molecule is CC(O)/C(=C\Cn1cnc2c(N)ncnc21)CO. The number of aliphatic hydroxyl groups excluding tert-OH is 2. The maximum Gasteiger partial charge on any atom is 0.165 e. The van der Waals surface area contributed by atoms with Crippen molar-refractivity contribution in [2.45, 2.75) is 19.6 Å². The van der Waals surface area contributed by atoms with Crippen LogP contribution < -0.4 is 5.73 Å². The fraction of sp³-hybridized carbons (Fsp3) is 0.364. The molecule has 0 amide bonds. The first-order valence-corrected chi connectivity index (χ1v) is 5.52. The predicted molar refractivity (Wildman–Crippen MR) is 66.6 cm³/mol. The van der Waals surface area contributed by atoms with Crippen LogP contribution in [0.15, 0.2) is 24.3 Å². The second kappa shape index (κ2) is 5.11. The molecule has 18 heavy (non-hydrogen) atoms. The zero-order valence-electron chi connectivity index (χ0n) is 9.98. The number of nitrogens with two attached hydrogens (primary N) is 1. The molecule has 2 aromatic heterocycles. The molecule has 2 rings (SSSR count). The minimum absolute atomic E-state index is 0.179. The number of hydrogen-bond donors (Lipinski definition) is 3. The van der Waals surface area contributed by atoms with Gasteiger partial charge in [0.2, 0.25) is 0 Å². The van der Waals surface area contributed by atoms with Crippen LogP contribution in [-0.2, 0) is 6.54 Å². The summed E-state index contributed by atoms with van der Waals surface area (Å²) in [6.07, 6.45) is 4.04. The summed E-state index contributed by atoms with van der Waals surface area (Å²) < 4.78 is 1.77. The Labute approximate surface area is 104 Å². The lowest BCUT2D eigenvalue weighted by Crippen LogP contribution is -2.09. The molecule has 0 radical (unpaired) electrons. The lowest BCUT2D eigenvalue weighted by Gasteiger charge is -2.07. The zero-order chi connectivity index (χ0) is 13.1. The number of aliphatic hydroxyl groups is 2. The Morgan fingerprint density at radius 3 is 2.94 bits per heavy atom. The van der Waals surface area contributed by atoms with Crippen molar-refractivity contribution in [1.82, 2.24) is 19.5 Å². The van der Waals surface area contributed by atoms with Crippen molar-refractivity contribution in [3.05, 3.63) is 24.3 Å². The van der Waals surface area contributed by atoms with Crippen molar-refractivity contribution in [2.24, 2.45) is 0 Å². The summed E-state index contributed by atoms with van der Waals surface area (Å²) in [5.41, 5.74) is 7.41. The standard InChI is InChI=1S/C11H15N5O2/c1-7(18)8(4-17)2-3-16-6-15-9-10(12)13-5-14-11(9)16/h2,5-7,17-18H,3-4H2,1H3,(H2,12,13,14)/b8-2-. The van der Waals surface area contributed by atoms with Gasteiger partial charge in [-0.3, -0.25) is 0 Å². The van der Waals surface area contributed by atoms with Crippen LogP contribution in [0.4, 0.5) is 5.82 Å². The summed E-state index contributed by atoms with van der Waals surface area (Å²) in [7, 11) is 0. The normalized spacial score (nSPS) is 14.1. The van der Waals surface area contributed by atoms with E-state index in [1.807, 2.05) is 0 Å². The van der Waals surface area contributed by atoms with Crippen LogP contribution in [-0.4, -0.2) is 42.4 Å². The predicted octanol–water partition coefficient (Wildman–Crippen LogP) is -0.292. The van der Waals surface area contributed by atoms with Crippen LogP contribution in [0.3, 0.4) is 0 Å². The Kier molecular flexibility index (Phi) is 3.54. The highest BCUT2D eigenvalue weighted by Gasteiger charge is 2.08. The summed E-state index contributed by atoms with van der Waals surface area (Å²) >= 11 is 0. The molecule has 0 aliphatic carbocycles. The van der Waals surface area contributed by atoms with E-state index in [-0.39, 0.29) is 6.61 Å². The van der Waals surface area contributed by atoms with E-state index >= 15 is 0 Å². The first-order chi connectivity index (χ1) is 8.63. The number of imidazole rings is 1. The van der Waals surface area contributed by atoms with E-state index in [9.17, 15) is 5.11 Å². The van der Waals surface area contributed by atoms with Gasteiger partial charge in [0.25, 0.3) is 0 Å². The van der Waals surface area contributed by atoms with Gasteiger partial charge < -0.3 is 20.5 Å². The number of fused-ring (bicyclic) bond motifs is 1. The molecule has 0 aliphatic rings. The zero-order valence-corrected chi connectivity index (χ0v) is 9.98. The van der Waals surface area contributed by atoms with E-state index in [0.717, 1.165) is 0 Å². The average Bonchev–Trinajstić information content (AvgIpc) is 2.74. The van der Waals surface area contributed by atoms with Crippen LogP contribution >= 0.6 is 0 Å². The third-order valence-electron chi connectivity index (χ3n) is 2.70. The van der Waals surface area contributed by atoms with E-state index in [4.69, 9.17) is 10.8 Å². The van der Waals surface area contributed by atoms with E-state index < -0.39 is 6.10 Å². The van der Waals surface area contributed by atoms with E-state index in [2.05, 4.69) is 15.0 Å². The second-order valence-corrected chi connectivity index (χ2v) is 3.94. The number of aromatic nitrogens is 4. The highest BCUT2D eigenvalue weighted by atomic mass is 16.3. The van der Waals surface area contributed by atoms with Gasteiger partial charge in [-0.15, -0.1) is 0 Å². The second-order valence-electron chi connectivity index (χ2n) is 3.94. The molecule has 7 nitrogen and oxygen atoms in total. The monoisotopic (exact) mass is 249 g/mol. The number of rotatable bonds is 4. The molecule has 7 heteroatoms. The maximum atomic E-state index is 9.40. The van der Waals surface area contributed by atoms with Crippen molar-refractivity contribution in [3.8, 4) is 0 Å². The Hall–Kier alpha value is -1.99. The summed E-state index contributed by atoms with van der Waals surface area (Å²) in [5.74, 6) is 0.334. The number of hydrogen-bond acceptors (Lipinski definition) is 6. The van der Waals surface area contributed by atoms with Crippen molar-refractivity contribution in [2.75, 3.05) is 12.3 Å². The van der Waals surface area contributed by atoms with E-state index in [0.29, 0.717) is 29.1 Å². The molecule has 1 unspecified atom stereocenters. The molecule has 0 saturated heterocycles. The highest BCUT2D eigenvalue weighted by Crippen LogP contribution is 2.14. The van der Waals surface area contributed by atoms with Crippen molar-refractivity contribution in [3.63, 3.8) is 0 Å². The molecule has 2 aromatic rings. The Bertz CT molecular complexity index is 576. The Balaban J connectivity index is 2.30. The highest BCUT2D eigenvalue weighted by molar-refractivity contribution is 5.81. The molecule has 96 valence electrons. The van der Waals surface area contributed by atoms with E-state index in [1.54, 1.807) is 23.9 Å². The van der Waals surface area contributed by atoms with Gasteiger partial charge in [0, 0.05) is 6.54 Å². The first kappa shape index (κ1) is 12.5. The van der Waals surface area contributed by atoms with Crippen molar-refractivity contribution < 1.29 is 10.2 Å². The average molecular weight is 249 g/mol. The van der Waals surface area contributed by atoms with Crippen molar-refractivity contribution >= 4 is 17.0 Å². The molecular formula is C11H15N5O2. The maximum absolute atomic E-state index is 9.40. The summed E-state index contributed by atoms with van der Waals surface area (Å²) in [5, 5.41) is 18.5. The van der Waals surface area contributed by atoms with Gasteiger partial charge in [-0.1, -0.05) is 6.08 Å². The van der Waals surface area contributed by atoms with Gasteiger partial charge in [-0.25, -0.2) is 15.0 Å². The molecule has 0 aromatic carbocycles. The van der Waals surface area contributed by atoms with Crippen molar-refractivity contribution in [1.29, 1.82) is 0 Å². The number of nitrogen functional groups attached to an aromatic ring is 1. The van der Waals surface area contributed by atoms with Crippen LogP contribution in [0.1, 0.15) is 6.92 Å². The topological polar surface area (TPSA) is 110 Å². The van der Waals surface area contributed by atoms with Crippen LogP contribution in [0.2, 0.25) is 0 Å². The van der Waals surface area contributed by atoms with Gasteiger partial charge in [-0.2, -0.15) is 0 Å². The van der Waals surface area contributed by atoms with Gasteiger partial charge in [0.1, 0.15) is 11.8 Å². The van der Waals surface area contributed by atoms with Gasteiger partial charge >= 0.3 is 0 Å². The lowest BCUT2D eigenvalue weighted by molar-refractivity contribution is 0.203. The first-order valence-electron chi connectivity index (χ1n) is 5.52. The molecule has 2 heterocycles. The minimum atomic E-state index is -0.676. The molecule has 0 fully saturated rings. The quantitative estimate of drug-likeness (QED) is 0.642. The number of nitrogens with zero attached hydrogens (tertiary/aromatic N) is 4. The third kappa shape index (κ3) is 2.31. The van der Waals surface area contributed by atoms with E-state index in [1.165, 1.54) is 6.33 Å². The molecule has 1 atom stereocenters. The summed E-state index contributed by atoms with van der Waals surface area (Å²) in [6, 6.07) is 0. The molecule has 4 N–H and O–H groups in total. The largest absolute Gasteiger partial charge is 0.392 e. The molecule has 0 aliphatic heterocycles. The van der Waals surface area contributed by atoms with Gasteiger partial charge in [0.15, 0.2) is 11.5 Å². The molecular weight excluding hydrogens is 234 g/mol. The minimum Gasteiger partial charge on any atom is -0.392 e. The van der Waals surface area contributed by atoms with Gasteiger partial charge in [-0.05, 0) is 12.5 Å². The number of anilines is 1. The molecule has 0 spiro atoms. The fourth-order valence-electron chi connectivity index (χ4n) is 1.62. The number of allylic oxidation sites excluding steroid dienone is 1. The van der Waals surface area contributed by atoms with Gasteiger partial charge in [0.05, 0.1) is 19.0 Å². The summed E-state index contributed by atoms with van der Waals surface area (Å²) in [6.45, 7) is 1.88. The lowest BCUT2D eigenvalue weighted by atomic mass is 10.1. The Morgan fingerprint density at radius 2 is 2.28 bits per heavy atom. The van der Waals surface area contributed by atoms with Crippen LogP contribution in [0.5, 0.6) is 0 Å². The molecule has 0 saturated carbocycles. The summed E-state index contributed by atoms with van der Waals surface area (Å²) in [4.78, 5) is 12.1.